The monoisotopic (exact) mass is 294 g/mol. The number of aromatic nitrogens is 2. The molecule has 3 heterocycles. The van der Waals surface area contributed by atoms with Gasteiger partial charge < -0.3 is 5.73 Å². The lowest BCUT2D eigenvalue weighted by molar-refractivity contribution is 0.323. The fourth-order valence-electron chi connectivity index (χ4n) is 2.57. The summed E-state index contributed by atoms with van der Waals surface area (Å²) < 4.78 is 1.59. The zero-order valence-corrected chi connectivity index (χ0v) is 12.3. The van der Waals surface area contributed by atoms with Crippen molar-refractivity contribution in [1.29, 1.82) is 0 Å². The highest BCUT2D eigenvalue weighted by atomic mass is 35.5. The molecule has 6 heteroatoms. The first-order chi connectivity index (χ1) is 9.11. The number of hydrogen-bond donors (Lipinski definition) is 1. The van der Waals surface area contributed by atoms with E-state index in [1.165, 1.54) is 0 Å². The lowest BCUT2D eigenvalue weighted by Crippen LogP contribution is -2.27. The first-order valence-electron chi connectivity index (χ1n) is 6.59. The molecular weight excluding hydrogens is 276 g/mol. The van der Waals surface area contributed by atoms with Gasteiger partial charge in [0.05, 0.1) is 5.69 Å². The molecule has 20 heavy (non-hydrogen) atoms. The summed E-state index contributed by atoms with van der Waals surface area (Å²) in [4.78, 5) is 18.9. The van der Waals surface area contributed by atoms with Crippen molar-refractivity contribution in [2.45, 2.75) is 25.9 Å². The second kappa shape index (κ2) is 5.91. The molecule has 5 nitrogen and oxygen atoms in total. The molecule has 1 atom stereocenters. The third-order valence-corrected chi connectivity index (χ3v) is 3.55. The molecule has 1 fully saturated rings. The van der Waals surface area contributed by atoms with Gasteiger partial charge in [-0.05, 0) is 25.0 Å². The van der Waals surface area contributed by atoms with Gasteiger partial charge in [0.1, 0.15) is 5.65 Å². The first-order valence-corrected chi connectivity index (χ1v) is 6.59. The molecule has 1 aliphatic heterocycles. The van der Waals surface area contributed by atoms with Crippen LogP contribution in [0.3, 0.4) is 0 Å². The van der Waals surface area contributed by atoms with Gasteiger partial charge in [0, 0.05) is 37.9 Å². The van der Waals surface area contributed by atoms with E-state index in [0.29, 0.717) is 12.2 Å². The summed E-state index contributed by atoms with van der Waals surface area (Å²) in [5.41, 5.74) is 8.44. The number of aryl methyl sites for hydroxylation is 1. The molecule has 2 N–H and O–H groups in total. The second-order valence-corrected chi connectivity index (χ2v) is 5.30. The molecule has 0 aromatic carbocycles. The highest BCUT2D eigenvalue weighted by Gasteiger charge is 2.19. The Kier molecular flexibility index (Phi) is 4.42. The number of hydrogen-bond acceptors (Lipinski definition) is 4. The Balaban J connectivity index is 0.00000147. The molecule has 0 amide bonds. The van der Waals surface area contributed by atoms with Crippen molar-refractivity contribution in [2.24, 2.45) is 5.73 Å². The number of fused-ring (bicyclic) bond motifs is 1. The van der Waals surface area contributed by atoms with E-state index < -0.39 is 0 Å². The van der Waals surface area contributed by atoms with E-state index in [0.717, 1.165) is 30.8 Å². The maximum atomic E-state index is 12.1. The third kappa shape index (κ3) is 3.00. The van der Waals surface area contributed by atoms with Crippen LogP contribution in [0.15, 0.2) is 29.2 Å². The number of halogens is 1. The maximum absolute atomic E-state index is 12.1. The number of nitrogens with two attached hydrogens (primary N) is 1. The molecule has 1 saturated heterocycles. The van der Waals surface area contributed by atoms with Crippen molar-refractivity contribution >= 4 is 18.1 Å². The van der Waals surface area contributed by atoms with Crippen molar-refractivity contribution < 1.29 is 0 Å². The van der Waals surface area contributed by atoms with Crippen LogP contribution in [0.5, 0.6) is 0 Å². The molecule has 0 bridgehead atoms. The Hall–Kier alpha value is -1.43. The predicted molar refractivity (Wildman–Crippen MR) is 81.3 cm³/mol. The fourth-order valence-corrected chi connectivity index (χ4v) is 2.57. The predicted octanol–water partition coefficient (Wildman–Crippen LogP) is 0.958. The molecule has 0 unspecified atom stereocenters. The van der Waals surface area contributed by atoms with Crippen LogP contribution >= 0.6 is 12.4 Å². The summed E-state index contributed by atoms with van der Waals surface area (Å²) in [6, 6.07) is 5.73. The molecule has 0 saturated carbocycles. The van der Waals surface area contributed by atoms with Gasteiger partial charge in [0.25, 0.3) is 5.56 Å². The third-order valence-electron chi connectivity index (χ3n) is 3.55. The number of likely N-dealkylation sites (tertiary alicyclic amines) is 1. The normalized spacial score (nSPS) is 19.2. The molecular formula is C14H19ClN4O. The summed E-state index contributed by atoms with van der Waals surface area (Å²) in [7, 11) is 0. The van der Waals surface area contributed by atoms with E-state index in [1.807, 2.05) is 25.3 Å². The molecule has 0 spiro atoms. The van der Waals surface area contributed by atoms with Gasteiger partial charge >= 0.3 is 0 Å². The highest BCUT2D eigenvalue weighted by molar-refractivity contribution is 5.85. The summed E-state index contributed by atoms with van der Waals surface area (Å²) in [5, 5.41) is 0. The van der Waals surface area contributed by atoms with Crippen molar-refractivity contribution in [1.82, 2.24) is 14.3 Å². The lowest BCUT2D eigenvalue weighted by atomic mass is 10.3. The maximum Gasteiger partial charge on any atom is 0.258 e. The van der Waals surface area contributed by atoms with Crippen molar-refractivity contribution in [3.63, 3.8) is 0 Å². The Morgan fingerprint density at radius 1 is 1.45 bits per heavy atom. The number of pyridine rings is 1. The molecule has 0 radical (unpaired) electrons. The van der Waals surface area contributed by atoms with Gasteiger partial charge in [0.2, 0.25) is 0 Å². The minimum atomic E-state index is -0.0211. The standard InChI is InChI=1S/C14H18N4O.ClH/c1-10-2-3-13-16-12(6-14(19)18(13)7-10)9-17-5-4-11(15)8-17;/h2-3,6-7,11H,4-5,8-9,15H2,1H3;1H/t11-;/m0./s1. The Labute approximate surface area is 123 Å². The van der Waals surface area contributed by atoms with Crippen LogP contribution in [0.4, 0.5) is 0 Å². The van der Waals surface area contributed by atoms with Crippen LogP contribution in [0, 0.1) is 6.92 Å². The van der Waals surface area contributed by atoms with E-state index >= 15 is 0 Å². The zero-order valence-electron chi connectivity index (χ0n) is 11.5. The van der Waals surface area contributed by atoms with Gasteiger partial charge in [-0.15, -0.1) is 12.4 Å². The minimum Gasteiger partial charge on any atom is -0.326 e. The van der Waals surface area contributed by atoms with E-state index in [4.69, 9.17) is 5.73 Å². The van der Waals surface area contributed by atoms with Crippen LogP contribution in [-0.2, 0) is 6.54 Å². The Bertz CT molecular complexity index is 670. The van der Waals surface area contributed by atoms with Crippen molar-refractivity contribution in [2.75, 3.05) is 13.1 Å². The molecule has 2 aromatic rings. The van der Waals surface area contributed by atoms with Gasteiger partial charge in [-0.2, -0.15) is 0 Å². The van der Waals surface area contributed by atoms with Crippen LogP contribution < -0.4 is 11.3 Å². The number of rotatable bonds is 2. The molecule has 0 aliphatic carbocycles. The van der Waals surface area contributed by atoms with E-state index in [1.54, 1.807) is 10.5 Å². The summed E-state index contributed by atoms with van der Waals surface area (Å²) in [6.45, 7) is 4.53. The molecule has 2 aromatic heterocycles. The van der Waals surface area contributed by atoms with E-state index in [2.05, 4.69) is 9.88 Å². The second-order valence-electron chi connectivity index (χ2n) is 5.30. The quantitative estimate of drug-likeness (QED) is 0.896. The van der Waals surface area contributed by atoms with Crippen molar-refractivity contribution in [3.8, 4) is 0 Å². The Morgan fingerprint density at radius 2 is 2.25 bits per heavy atom. The van der Waals surface area contributed by atoms with Crippen molar-refractivity contribution in [3.05, 3.63) is 46.0 Å². The smallest absolute Gasteiger partial charge is 0.258 e. The molecule has 3 rings (SSSR count). The van der Waals surface area contributed by atoms with Crippen LogP contribution in [0.25, 0.3) is 5.65 Å². The van der Waals surface area contributed by atoms with Crippen LogP contribution in [-0.4, -0.2) is 33.4 Å². The zero-order chi connectivity index (χ0) is 13.4. The van der Waals surface area contributed by atoms with Gasteiger partial charge in [-0.1, -0.05) is 6.07 Å². The minimum absolute atomic E-state index is 0. The van der Waals surface area contributed by atoms with Crippen LogP contribution in [0.2, 0.25) is 0 Å². The SMILES string of the molecule is Cc1ccc2nc(CN3CC[C@H](N)C3)cc(=O)n2c1.Cl. The Morgan fingerprint density at radius 3 is 2.95 bits per heavy atom. The molecule has 108 valence electrons. The lowest BCUT2D eigenvalue weighted by Gasteiger charge is -2.14. The number of nitrogens with zero attached hydrogens (tertiary/aromatic N) is 3. The van der Waals surface area contributed by atoms with Gasteiger partial charge in [-0.25, -0.2) is 4.98 Å². The fraction of sp³-hybridized carbons (Fsp3) is 0.429. The van der Waals surface area contributed by atoms with E-state index in [9.17, 15) is 4.79 Å². The average Bonchev–Trinajstić information content (AvgIpc) is 2.76. The summed E-state index contributed by atoms with van der Waals surface area (Å²) in [5.74, 6) is 0. The van der Waals surface area contributed by atoms with Crippen LogP contribution in [0.1, 0.15) is 17.7 Å². The topological polar surface area (TPSA) is 63.6 Å². The summed E-state index contributed by atoms with van der Waals surface area (Å²) in [6.07, 6.45) is 2.84. The molecule has 1 aliphatic rings. The van der Waals surface area contributed by atoms with Gasteiger partial charge in [0.15, 0.2) is 0 Å². The summed E-state index contributed by atoms with van der Waals surface area (Å²) >= 11 is 0. The average molecular weight is 295 g/mol. The first kappa shape index (κ1) is 15.0. The largest absolute Gasteiger partial charge is 0.326 e. The van der Waals surface area contributed by atoms with Gasteiger partial charge in [-0.3, -0.25) is 14.1 Å². The van der Waals surface area contributed by atoms with E-state index in [-0.39, 0.29) is 24.0 Å². The highest BCUT2D eigenvalue weighted by Crippen LogP contribution is 2.11.